The lowest BCUT2D eigenvalue weighted by molar-refractivity contribution is -0.132. The Morgan fingerprint density at radius 3 is 2.58 bits per heavy atom. The molecule has 2 aromatic rings. The largest absolute Gasteiger partial charge is 0.340 e. The van der Waals surface area contributed by atoms with Crippen LogP contribution >= 0.6 is 11.6 Å². The summed E-state index contributed by atoms with van der Waals surface area (Å²) < 4.78 is 24.3. The van der Waals surface area contributed by atoms with Crippen molar-refractivity contribution in [3.63, 3.8) is 0 Å². The molecule has 0 spiro atoms. The number of sulfone groups is 1. The average molecular weight is 396 g/mol. The predicted molar refractivity (Wildman–Crippen MR) is 98.8 cm³/mol. The molecule has 0 saturated carbocycles. The first kappa shape index (κ1) is 18.6. The number of rotatable bonds is 4. The molecule has 1 amide bonds. The van der Waals surface area contributed by atoms with Crippen LogP contribution in [0.3, 0.4) is 0 Å². The molecule has 1 aromatic heterocycles. The van der Waals surface area contributed by atoms with Gasteiger partial charge in [-0.1, -0.05) is 23.7 Å². The molecule has 1 atom stereocenters. The maximum absolute atomic E-state index is 12.5. The number of carbonyl (C=O) groups is 1. The van der Waals surface area contributed by atoms with Gasteiger partial charge in [-0.05, 0) is 24.6 Å². The van der Waals surface area contributed by atoms with E-state index in [4.69, 9.17) is 11.6 Å². The summed E-state index contributed by atoms with van der Waals surface area (Å²) >= 11 is 5.87. The second-order valence-electron chi connectivity index (χ2n) is 6.28. The van der Waals surface area contributed by atoms with E-state index in [0.717, 1.165) is 10.2 Å². The minimum absolute atomic E-state index is 0.0393. The van der Waals surface area contributed by atoms with Crippen molar-refractivity contribution in [2.45, 2.75) is 19.0 Å². The Morgan fingerprint density at radius 2 is 1.96 bits per heavy atom. The van der Waals surface area contributed by atoms with E-state index in [2.05, 4.69) is 5.10 Å². The number of hydrogen-bond donors (Lipinski definition) is 0. The number of likely N-dealkylation sites (N-methyl/N-ethyl adjacent to an activating group) is 1. The van der Waals surface area contributed by atoms with E-state index in [1.807, 2.05) is 0 Å². The van der Waals surface area contributed by atoms with Gasteiger partial charge in [0.1, 0.15) is 6.54 Å². The first-order valence-electron chi connectivity index (χ1n) is 8.05. The van der Waals surface area contributed by atoms with Crippen LogP contribution in [0.15, 0.2) is 41.2 Å². The van der Waals surface area contributed by atoms with Crippen LogP contribution in [0.25, 0.3) is 11.3 Å². The van der Waals surface area contributed by atoms with Crippen molar-refractivity contribution in [2.24, 2.45) is 0 Å². The molecule has 0 unspecified atom stereocenters. The summed E-state index contributed by atoms with van der Waals surface area (Å²) in [5.74, 6) is -0.308. The molecular weight excluding hydrogens is 378 g/mol. The van der Waals surface area contributed by atoms with Gasteiger partial charge in [0, 0.05) is 29.7 Å². The Morgan fingerprint density at radius 1 is 1.27 bits per heavy atom. The van der Waals surface area contributed by atoms with Gasteiger partial charge < -0.3 is 4.90 Å². The van der Waals surface area contributed by atoms with E-state index in [1.165, 1.54) is 11.0 Å². The molecular formula is C17H18ClN3O4S. The average Bonchev–Trinajstić information content (AvgIpc) is 2.97. The molecule has 0 N–H and O–H groups in total. The van der Waals surface area contributed by atoms with Crippen molar-refractivity contribution in [2.75, 3.05) is 18.6 Å². The fourth-order valence-electron chi connectivity index (χ4n) is 2.86. The van der Waals surface area contributed by atoms with Crippen molar-refractivity contribution < 1.29 is 13.2 Å². The molecule has 1 aliphatic rings. The van der Waals surface area contributed by atoms with Gasteiger partial charge in [-0.25, -0.2) is 13.1 Å². The minimum Gasteiger partial charge on any atom is -0.340 e. The lowest BCUT2D eigenvalue weighted by Crippen LogP contribution is -2.41. The molecule has 0 bridgehead atoms. The van der Waals surface area contributed by atoms with Crippen molar-refractivity contribution in [3.05, 3.63) is 51.8 Å². The first-order chi connectivity index (χ1) is 12.2. The third kappa shape index (κ3) is 4.13. The van der Waals surface area contributed by atoms with Crippen LogP contribution in [-0.4, -0.2) is 53.6 Å². The van der Waals surface area contributed by atoms with Crippen LogP contribution in [0.2, 0.25) is 5.02 Å². The fraction of sp³-hybridized carbons (Fsp3) is 0.353. The zero-order chi connectivity index (χ0) is 18.9. The minimum atomic E-state index is -3.09. The number of benzene rings is 1. The summed E-state index contributed by atoms with van der Waals surface area (Å²) in [4.78, 5) is 25.9. The SMILES string of the molecule is CN(C(=O)Cn1nc(-c2ccc(Cl)cc2)ccc1=O)[C@H]1CCS(=O)(=O)C1. The zero-order valence-corrected chi connectivity index (χ0v) is 15.7. The Kier molecular flexibility index (Phi) is 5.15. The Balaban J connectivity index is 1.79. The maximum atomic E-state index is 12.5. The number of hydrogen-bond acceptors (Lipinski definition) is 5. The summed E-state index contributed by atoms with van der Waals surface area (Å²) in [7, 11) is -1.53. The molecule has 3 rings (SSSR count). The molecule has 1 aliphatic heterocycles. The lowest BCUT2D eigenvalue weighted by Gasteiger charge is -2.23. The zero-order valence-electron chi connectivity index (χ0n) is 14.1. The third-order valence-corrected chi connectivity index (χ3v) is 6.44. The van der Waals surface area contributed by atoms with Crippen LogP contribution in [-0.2, 0) is 21.2 Å². The molecule has 9 heteroatoms. The number of halogens is 1. The van der Waals surface area contributed by atoms with Gasteiger partial charge >= 0.3 is 0 Å². The van der Waals surface area contributed by atoms with Gasteiger partial charge in [-0.15, -0.1) is 0 Å². The van der Waals surface area contributed by atoms with E-state index in [0.29, 0.717) is 17.1 Å². The number of carbonyl (C=O) groups excluding carboxylic acids is 1. The van der Waals surface area contributed by atoms with Gasteiger partial charge in [0.05, 0.1) is 17.2 Å². The summed E-state index contributed by atoms with van der Waals surface area (Å²) in [5, 5.41) is 4.83. The molecule has 0 aliphatic carbocycles. The topological polar surface area (TPSA) is 89.3 Å². The second-order valence-corrected chi connectivity index (χ2v) is 8.95. The Bertz CT molecular complexity index is 986. The summed E-state index contributed by atoms with van der Waals surface area (Å²) in [5.41, 5.74) is 0.912. The Hall–Kier alpha value is -2.19. The van der Waals surface area contributed by atoms with Crippen molar-refractivity contribution in [3.8, 4) is 11.3 Å². The van der Waals surface area contributed by atoms with Gasteiger partial charge in [-0.2, -0.15) is 5.10 Å². The first-order valence-corrected chi connectivity index (χ1v) is 10.3. The van der Waals surface area contributed by atoms with E-state index in [1.54, 1.807) is 37.4 Å². The smallest absolute Gasteiger partial charge is 0.267 e. The number of nitrogens with zero attached hydrogens (tertiary/aromatic N) is 3. The van der Waals surface area contributed by atoms with Crippen LogP contribution in [0.4, 0.5) is 0 Å². The molecule has 138 valence electrons. The standard InChI is InChI=1S/C17H18ClN3O4S/c1-20(14-8-9-26(24,25)11-14)17(23)10-21-16(22)7-6-15(19-21)12-2-4-13(18)5-3-12/h2-7,14H,8-11H2,1H3/t14-/m0/s1. The van der Waals surface area contributed by atoms with E-state index in [9.17, 15) is 18.0 Å². The highest BCUT2D eigenvalue weighted by molar-refractivity contribution is 7.91. The lowest BCUT2D eigenvalue weighted by atomic mass is 10.1. The molecule has 1 saturated heterocycles. The highest BCUT2D eigenvalue weighted by Gasteiger charge is 2.32. The van der Waals surface area contributed by atoms with Crippen LogP contribution in [0, 0.1) is 0 Å². The van der Waals surface area contributed by atoms with E-state index < -0.39 is 15.4 Å². The van der Waals surface area contributed by atoms with Gasteiger partial charge in [0.2, 0.25) is 5.91 Å². The molecule has 1 fully saturated rings. The third-order valence-electron chi connectivity index (χ3n) is 4.44. The second kappa shape index (κ2) is 7.20. The van der Waals surface area contributed by atoms with E-state index >= 15 is 0 Å². The summed E-state index contributed by atoms with van der Waals surface area (Å²) in [6, 6.07) is 9.56. The molecule has 0 radical (unpaired) electrons. The highest BCUT2D eigenvalue weighted by Crippen LogP contribution is 2.19. The molecule has 7 nitrogen and oxygen atoms in total. The highest BCUT2D eigenvalue weighted by atomic mass is 35.5. The van der Waals surface area contributed by atoms with Crippen LogP contribution < -0.4 is 5.56 Å². The monoisotopic (exact) mass is 395 g/mol. The van der Waals surface area contributed by atoms with Crippen molar-refractivity contribution in [1.29, 1.82) is 0 Å². The summed E-state index contributed by atoms with van der Waals surface area (Å²) in [6.07, 6.45) is 0.414. The van der Waals surface area contributed by atoms with Crippen LogP contribution in [0.1, 0.15) is 6.42 Å². The van der Waals surface area contributed by atoms with Gasteiger partial charge in [-0.3, -0.25) is 9.59 Å². The van der Waals surface area contributed by atoms with Crippen LogP contribution in [0.5, 0.6) is 0 Å². The van der Waals surface area contributed by atoms with Crippen molar-refractivity contribution >= 4 is 27.3 Å². The molecule has 2 heterocycles. The quantitative estimate of drug-likeness (QED) is 0.776. The molecule has 26 heavy (non-hydrogen) atoms. The van der Waals surface area contributed by atoms with Gasteiger partial charge in [0.15, 0.2) is 9.84 Å². The van der Waals surface area contributed by atoms with Gasteiger partial charge in [0.25, 0.3) is 5.56 Å². The normalized spacial score (nSPS) is 18.6. The van der Waals surface area contributed by atoms with E-state index in [-0.39, 0.29) is 30.0 Å². The number of aromatic nitrogens is 2. The fourth-order valence-corrected chi connectivity index (χ4v) is 4.76. The maximum Gasteiger partial charge on any atom is 0.267 e. The predicted octanol–water partition coefficient (Wildman–Crippen LogP) is 1.21. The number of amides is 1. The summed E-state index contributed by atoms with van der Waals surface area (Å²) in [6.45, 7) is -0.243. The molecule has 1 aromatic carbocycles. The van der Waals surface area contributed by atoms with Crippen molar-refractivity contribution in [1.82, 2.24) is 14.7 Å². The Labute approximate surface area is 156 Å².